The fourth-order valence-corrected chi connectivity index (χ4v) is 2.78. The maximum absolute atomic E-state index is 12.1. The Morgan fingerprint density at radius 2 is 2.25 bits per heavy atom. The van der Waals surface area contributed by atoms with Gasteiger partial charge in [-0.2, -0.15) is 0 Å². The molecule has 4 heteroatoms. The third kappa shape index (κ3) is 3.38. The van der Waals surface area contributed by atoms with Crippen molar-refractivity contribution < 1.29 is 4.79 Å². The molecule has 0 spiro atoms. The topological polar surface area (TPSA) is 58.4 Å². The second-order valence-electron chi connectivity index (χ2n) is 5.55. The summed E-state index contributed by atoms with van der Waals surface area (Å²) in [7, 11) is 0. The van der Waals surface area contributed by atoms with E-state index in [1.54, 1.807) is 0 Å². The Balaban J connectivity index is 2.05. The summed E-state index contributed by atoms with van der Waals surface area (Å²) in [5.41, 5.74) is 8.58. The highest BCUT2D eigenvalue weighted by molar-refractivity contribution is 5.78. The molecule has 2 atom stereocenters. The molecule has 0 aliphatic carbocycles. The number of carbonyl (C=O) groups excluding carboxylic acids is 1. The van der Waals surface area contributed by atoms with Crippen LogP contribution < -0.4 is 11.1 Å². The predicted octanol–water partition coefficient (Wildman–Crippen LogP) is 1.46. The van der Waals surface area contributed by atoms with Crippen molar-refractivity contribution in [2.75, 3.05) is 19.6 Å². The maximum atomic E-state index is 12.1. The van der Waals surface area contributed by atoms with E-state index in [1.165, 1.54) is 11.1 Å². The largest absolute Gasteiger partial charge is 0.353 e. The molecule has 20 heavy (non-hydrogen) atoms. The van der Waals surface area contributed by atoms with Crippen LogP contribution in [0.5, 0.6) is 0 Å². The van der Waals surface area contributed by atoms with Crippen LogP contribution in [0, 0.1) is 0 Å². The Labute approximate surface area is 121 Å². The average Bonchev–Trinajstić information content (AvgIpc) is 2.46. The zero-order valence-corrected chi connectivity index (χ0v) is 12.4. The van der Waals surface area contributed by atoms with Crippen molar-refractivity contribution in [3.05, 3.63) is 35.4 Å². The molecule has 110 valence electrons. The highest BCUT2D eigenvalue weighted by Gasteiger charge is 2.27. The van der Waals surface area contributed by atoms with Crippen LogP contribution in [0.2, 0.25) is 0 Å². The van der Waals surface area contributed by atoms with Crippen molar-refractivity contribution in [2.24, 2.45) is 5.73 Å². The summed E-state index contributed by atoms with van der Waals surface area (Å²) in [6.07, 6.45) is 1.94. The predicted molar refractivity (Wildman–Crippen MR) is 81.4 cm³/mol. The quantitative estimate of drug-likeness (QED) is 0.855. The van der Waals surface area contributed by atoms with Crippen LogP contribution in [0.4, 0.5) is 0 Å². The number of nitrogens with one attached hydrogen (secondary N) is 1. The number of carbonyl (C=O) groups is 1. The van der Waals surface area contributed by atoms with Gasteiger partial charge in [0.25, 0.3) is 0 Å². The van der Waals surface area contributed by atoms with E-state index in [0.29, 0.717) is 13.1 Å². The molecule has 1 aliphatic heterocycles. The summed E-state index contributed by atoms with van der Waals surface area (Å²) < 4.78 is 0. The normalized spacial score (nSPS) is 20.2. The fraction of sp³-hybridized carbons (Fsp3) is 0.562. The number of rotatable bonds is 5. The van der Waals surface area contributed by atoms with Crippen LogP contribution >= 0.6 is 0 Å². The molecule has 2 unspecified atom stereocenters. The number of hydrogen-bond donors (Lipinski definition) is 2. The van der Waals surface area contributed by atoms with Crippen molar-refractivity contribution in [1.29, 1.82) is 0 Å². The highest BCUT2D eigenvalue weighted by atomic mass is 16.2. The lowest BCUT2D eigenvalue weighted by Gasteiger charge is -2.36. The van der Waals surface area contributed by atoms with Gasteiger partial charge in [-0.1, -0.05) is 31.2 Å². The van der Waals surface area contributed by atoms with E-state index in [9.17, 15) is 4.79 Å². The van der Waals surface area contributed by atoms with Crippen LogP contribution in [0.3, 0.4) is 0 Å². The molecule has 3 N–H and O–H groups in total. The summed E-state index contributed by atoms with van der Waals surface area (Å²) in [4.78, 5) is 14.3. The summed E-state index contributed by atoms with van der Waals surface area (Å²) in [5, 5.41) is 3.02. The van der Waals surface area contributed by atoms with Gasteiger partial charge in [0, 0.05) is 25.2 Å². The second kappa shape index (κ2) is 6.86. The molecule has 1 aliphatic rings. The van der Waals surface area contributed by atoms with E-state index in [1.807, 2.05) is 13.0 Å². The van der Waals surface area contributed by atoms with Crippen molar-refractivity contribution >= 4 is 5.91 Å². The molecule has 1 heterocycles. The molecule has 4 nitrogen and oxygen atoms in total. The van der Waals surface area contributed by atoms with Crippen LogP contribution in [-0.4, -0.2) is 36.5 Å². The average molecular weight is 275 g/mol. The van der Waals surface area contributed by atoms with Crippen LogP contribution in [0.15, 0.2) is 24.3 Å². The molecule has 2 rings (SSSR count). The monoisotopic (exact) mass is 275 g/mol. The van der Waals surface area contributed by atoms with Crippen LogP contribution in [0.25, 0.3) is 0 Å². The molecule has 0 bridgehead atoms. The van der Waals surface area contributed by atoms with Crippen LogP contribution in [0.1, 0.15) is 37.4 Å². The van der Waals surface area contributed by atoms with E-state index >= 15 is 0 Å². The van der Waals surface area contributed by atoms with Crippen molar-refractivity contribution in [3.63, 3.8) is 0 Å². The smallest absolute Gasteiger partial charge is 0.234 e. The standard InChI is InChI=1S/C16H25N3O/c1-3-12(2)18-16(20)11-19-9-8-13-6-4-5-7-14(13)15(19)10-17/h4-7,12,15H,3,8-11,17H2,1-2H3,(H,18,20). The zero-order chi connectivity index (χ0) is 14.5. The van der Waals surface area contributed by atoms with Gasteiger partial charge in [-0.3, -0.25) is 9.69 Å². The summed E-state index contributed by atoms with van der Waals surface area (Å²) >= 11 is 0. The number of benzene rings is 1. The van der Waals surface area contributed by atoms with Crippen molar-refractivity contribution in [2.45, 2.75) is 38.8 Å². The van der Waals surface area contributed by atoms with E-state index < -0.39 is 0 Å². The Bertz CT molecular complexity index is 461. The van der Waals surface area contributed by atoms with Gasteiger partial charge in [0.1, 0.15) is 0 Å². The number of nitrogens with zero attached hydrogens (tertiary/aromatic N) is 1. The van der Waals surface area contributed by atoms with Gasteiger partial charge < -0.3 is 11.1 Å². The van der Waals surface area contributed by atoms with E-state index in [4.69, 9.17) is 5.73 Å². The Morgan fingerprint density at radius 3 is 2.95 bits per heavy atom. The first kappa shape index (κ1) is 15.0. The number of hydrogen-bond acceptors (Lipinski definition) is 3. The van der Waals surface area contributed by atoms with Gasteiger partial charge in [-0.25, -0.2) is 0 Å². The van der Waals surface area contributed by atoms with E-state index in [-0.39, 0.29) is 18.0 Å². The van der Waals surface area contributed by atoms with Gasteiger partial charge in [0.05, 0.1) is 6.54 Å². The number of amides is 1. The summed E-state index contributed by atoms with van der Waals surface area (Å²) in [6, 6.07) is 8.79. The maximum Gasteiger partial charge on any atom is 0.234 e. The first-order valence-electron chi connectivity index (χ1n) is 7.47. The summed E-state index contributed by atoms with van der Waals surface area (Å²) in [6.45, 7) is 5.98. The van der Waals surface area contributed by atoms with Gasteiger partial charge >= 0.3 is 0 Å². The number of fused-ring (bicyclic) bond motifs is 1. The Kier molecular flexibility index (Phi) is 5.15. The molecule has 0 radical (unpaired) electrons. The molecule has 1 aromatic carbocycles. The molecule has 0 saturated heterocycles. The number of nitrogens with two attached hydrogens (primary N) is 1. The summed E-state index contributed by atoms with van der Waals surface area (Å²) in [5.74, 6) is 0.0946. The van der Waals surface area contributed by atoms with Crippen LogP contribution in [-0.2, 0) is 11.2 Å². The zero-order valence-electron chi connectivity index (χ0n) is 12.4. The molecule has 0 aromatic heterocycles. The lowest BCUT2D eigenvalue weighted by atomic mass is 9.92. The molecular formula is C16H25N3O. The van der Waals surface area contributed by atoms with Crippen molar-refractivity contribution in [3.8, 4) is 0 Å². The van der Waals surface area contributed by atoms with E-state index in [2.05, 4.69) is 35.3 Å². The van der Waals surface area contributed by atoms with Gasteiger partial charge in [-0.15, -0.1) is 0 Å². The molecule has 0 fully saturated rings. The first-order valence-corrected chi connectivity index (χ1v) is 7.47. The SMILES string of the molecule is CCC(C)NC(=O)CN1CCc2ccccc2C1CN. The Morgan fingerprint density at radius 1 is 1.50 bits per heavy atom. The second-order valence-corrected chi connectivity index (χ2v) is 5.55. The lowest BCUT2D eigenvalue weighted by Crippen LogP contribution is -2.46. The highest BCUT2D eigenvalue weighted by Crippen LogP contribution is 2.28. The molecule has 0 saturated carbocycles. The molecule has 1 aromatic rings. The fourth-order valence-electron chi connectivity index (χ4n) is 2.78. The minimum Gasteiger partial charge on any atom is -0.353 e. The molecular weight excluding hydrogens is 250 g/mol. The lowest BCUT2D eigenvalue weighted by molar-refractivity contribution is -0.123. The van der Waals surface area contributed by atoms with Gasteiger partial charge in [0.2, 0.25) is 5.91 Å². The van der Waals surface area contributed by atoms with Gasteiger partial charge in [-0.05, 0) is 30.9 Å². The van der Waals surface area contributed by atoms with E-state index in [0.717, 1.165) is 19.4 Å². The third-order valence-electron chi connectivity index (χ3n) is 4.11. The van der Waals surface area contributed by atoms with Gasteiger partial charge in [0.15, 0.2) is 0 Å². The first-order chi connectivity index (χ1) is 9.65. The van der Waals surface area contributed by atoms with Crippen molar-refractivity contribution in [1.82, 2.24) is 10.2 Å². The molecule has 1 amide bonds. The minimum atomic E-state index is 0.0946. The minimum absolute atomic E-state index is 0.0946. The third-order valence-corrected chi connectivity index (χ3v) is 4.11. The Hall–Kier alpha value is -1.39.